The molecule has 2 aromatic carbocycles. The van der Waals surface area contributed by atoms with Gasteiger partial charge < -0.3 is 14.6 Å². The summed E-state index contributed by atoms with van der Waals surface area (Å²) in [5.74, 6) is -0.252. The van der Waals surface area contributed by atoms with Gasteiger partial charge in [-0.15, -0.1) is 0 Å². The van der Waals surface area contributed by atoms with Gasteiger partial charge in [-0.1, -0.05) is 18.2 Å². The lowest BCUT2D eigenvalue weighted by atomic mass is 10.1. The Morgan fingerprint density at radius 2 is 1.82 bits per heavy atom. The fraction of sp³-hybridized carbons (Fsp3) is 0.280. The number of carbonyl (C=O) groups is 1. The Morgan fingerprint density at radius 3 is 2.50 bits per heavy atom. The first-order chi connectivity index (χ1) is 16.4. The molecule has 1 N–H and O–H groups in total. The summed E-state index contributed by atoms with van der Waals surface area (Å²) in [6, 6.07) is 15.4. The molecule has 176 valence electrons. The first-order valence-corrected chi connectivity index (χ1v) is 12.5. The van der Waals surface area contributed by atoms with Gasteiger partial charge in [-0.05, 0) is 36.4 Å². The highest BCUT2D eigenvalue weighted by Crippen LogP contribution is 2.27. The first kappa shape index (κ1) is 23.7. The molecule has 0 spiro atoms. The molecule has 0 unspecified atom stereocenters. The van der Waals surface area contributed by atoms with Crippen molar-refractivity contribution in [1.82, 2.24) is 9.47 Å². The summed E-state index contributed by atoms with van der Waals surface area (Å²) in [4.78, 5) is 13.2. The van der Waals surface area contributed by atoms with E-state index in [1.165, 1.54) is 37.3 Å². The molecule has 0 bridgehead atoms. The summed E-state index contributed by atoms with van der Waals surface area (Å²) in [6.45, 7) is 6.22. The number of benzene rings is 2. The number of para-hydroxylation sites is 1. The summed E-state index contributed by atoms with van der Waals surface area (Å²) in [6.07, 6.45) is 3.34. The number of nitrogens with one attached hydrogen (secondary N) is 1. The van der Waals surface area contributed by atoms with Crippen molar-refractivity contribution in [2.45, 2.75) is 18.4 Å². The van der Waals surface area contributed by atoms with Gasteiger partial charge in [0.1, 0.15) is 11.0 Å². The Kier molecular flexibility index (Phi) is 7.12. The van der Waals surface area contributed by atoms with Gasteiger partial charge in [-0.3, -0.25) is 9.69 Å². The van der Waals surface area contributed by atoms with Gasteiger partial charge in [-0.25, -0.2) is 8.42 Å². The zero-order valence-corrected chi connectivity index (χ0v) is 19.7. The van der Waals surface area contributed by atoms with Crippen LogP contribution in [0.15, 0.2) is 64.5 Å². The van der Waals surface area contributed by atoms with E-state index in [1.54, 1.807) is 0 Å². The number of morpholine rings is 1. The third-order valence-electron chi connectivity index (χ3n) is 5.75. The molecule has 8 nitrogen and oxygen atoms in total. The molecule has 2 heterocycles. The van der Waals surface area contributed by atoms with Crippen LogP contribution in [0.2, 0.25) is 0 Å². The molecular weight excluding hydrogens is 452 g/mol. The van der Waals surface area contributed by atoms with Crippen LogP contribution in [0, 0.1) is 11.3 Å². The Morgan fingerprint density at radius 1 is 1.12 bits per heavy atom. The number of fused-ring (bicyclic) bond motifs is 1. The molecular formula is C25H26N4O4S. The highest BCUT2D eigenvalue weighted by atomic mass is 32.2. The van der Waals surface area contributed by atoms with Gasteiger partial charge in [0.15, 0.2) is 0 Å². The molecule has 34 heavy (non-hydrogen) atoms. The number of amides is 1. The first-order valence-electron chi connectivity index (χ1n) is 11.0. The molecule has 9 heteroatoms. The van der Waals surface area contributed by atoms with Crippen molar-refractivity contribution in [2.24, 2.45) is 0 Å². The van der Waals surface area contributed by atoms with Crippen molar-refractivity contribution in [3.8, 4) is 6.07 Å². The number of nitriles is 1. The summed E-state index contributed by atoms with van der Waals surface area (Å²) in [5, 5.41) is 13.2. The molecule has 3 aromatic rings. The third kappa shape index (κ3) is 5.20. The maximum Gasteiger partial charge on any atom is 0.221 e. The topological polar surface area (TPSA) is 104 Å². The molecule has 1 saturated heterocycles. The van der Waals surface area contributed by atoms with E-state index in [0.29, 0.717) is 11.3 Å². The molecule has 1 amide bonds. The van der Waals surface area contributed by atoms with Crippen LogP contribution in [0.5, 0.6) is 0 Å². The highest BCUT2D eigenvalue weighted by molar-refractivity contribution is 7.95. The lowest BCUT2D eigenvalue weighted by molar-refractivity contribution is -0.114. The van der Waals surface area contributed by atoms with Gasteiger partial charge in [0, 0.05) is 61.5 Å². The van der Waals surface area contributed by atoms with Gasteiger partial charge in [0.25, 0.3) is 0 Å². The number of hydrogen-bond donors (Lipinski definition) is 1. The average Bonchev–Trinajstić information content (AvgIpc) is 3.19. The quantitative estimate of drug-likeness (QED) is 0.523. The zero-order valence-electron chi connectivity index (χ0n) is 18.9. The standard InChI is InChI=1S/C25H26N4O4S/c1-19(30)27-21-6-8-22(9-7-21)34(31,32)23(17-26)16-20-18-29(25-5-3-2-4-24(20)25)11-10-28-12-14-33-15-13-28/h2-9,16,18H,10-15H2,1H3,(H,27,30)/b23-16+. The molecule has 1 aliphatic rings. The van der Waals surface area contributed by atoms with Gasteiger partial charge in [-0.2, -0.15) is 5.26 Å². The number of nitrogens with zero attached hydrogens (tertiary/aromatic N) is 3. The van der Waals surface area contributed by atoms with Crippen LogP contribution >= 0.6 is 0 Å². The van der Waals surface area contributed by atoms with Crippen LogP contribution in [0.4, 0.5) is 5.69 Å². The van der Waals surface area contributed by atoms with Gasteiger partial charge in [0.05, 0.1) is 18.1 Å². The SMILES string of the molecule is CC(=O)Nc1ccc(S(=O)(=O)/C(C#N)=C/c2cn(CCN3CCOCC3)c3ccccc23)cc1. The number of anilines is 1. The second-order valence-electron chi connectivity index (χ2n) is 8.08. The molecule has 1 aliphatic heterocycles. The maximum atomic E-state index is 13.2. The molecule has 1 aromatic heterocycles. The number of aromatic nitrogens is 1. The van der Waals surface area contributed by atoms with Crippen molar-refractivity contribution in [1.29, 1.82) is 5.26 Å². The van der Waals surface area contributed by atoms with Crippen molar-refractivity contribution in [2.75, 3.05) is 38.2 Å². The fourth-order valence-electron chi connectivity index (χ4n) is 4.01. The number of carbonyl (C=O) groups excluding carboxylic acids is 1. The van der Waals surface area contributed by atoms with E-state index < -0.39 is 9.84 Å². The van der Waals surface area contributed by atoms with Crippen LogP contribution in [0.3, 0.4) is 0 Å². The van der Waals surface area contributed by atoms with E-state index in [-0.39, 0.29) is 15.7 Å². The Hall–Kier alpha value is -3.45. The van der Waals surface area contributed by atoms with Crippen molar-refractivity contribution in [3.63, 3.8) is 0 Å². The van der Waals surface area contributed by atoms with Crippen LogP contribution in [-0.2, 0) is 25.9 Å². The minimum absolute atomic E-state index is 0.00884. The number of rotatable bonds is 7. The lowest BCUT2D eigenvalue weighted by Gasteiger charge is -2.26. The minimum Gasteiger partial charge on any atom is -0.379 e. The highest BCUT2D eigenvalue weighted by Gasteiger charge is 2.22. The molecule has 0 atom stereocenters. The summed E-state index contributed by atoms with van der Waals surface area (Å²) < 4.78 is 33.9. The van der Waals surface area contributed by atoms with Crippen LogP contribution in [-0.4, -0.2) is 56.6 Å². The molecule has 0 saturated carbocycles. The monoisotopic (exact) mass is 478 g/mol. The molecule has 0 radical (unpaired) electrons. The largest absolute Gasteiger partial charge is 0.379 e. The maximum absolute atomic E-state index is 13.2. The van der Waals surface area contributed by atoms with Gasteiger partial charge >= 0.3 is 0 Å². The van der Waals surface area contributed by atoms with E-state index in [9.17, 15) is 18.5 Å². The Labute approximate surface area is 199 Å². The predicted molar refractivity (Wildman–Crippen MR) is 131 cm³/mol. The van der Waals surface area contributed by atoms with E-state index in [1.807, 2.05) is 36.5 Å². The minimum atomic E-state index is -4.03. The summed E-state index contributed by atoms with van der Waals surface area (Å²) in [5.41, 5.74) is 2.14. The molecule has 4 rings (SSSR count). The van der Waals surface area contributed by atoms with Crippen LogP contribution < -0.4 is 5.32 Å². The van der Waals surface area contributed by atoms with Gasteiger partial charge in [0.2, 0.25) is 15.7 Å². The summed E-state index contributed by atoms with van der Waals surface area (Å²) >= 11 is 0. The third-order valence-corrected chi connectivity index (χ3v) is 7.43. The molecule has 1 fully saturated rings. The smallest absolute Gasteiger partial charge is 0.221 e. The number of allylic oxidation sites excluding steroid dienone is 1. The second kappa shape index (κ2) is 10.2. The Balaban J connectivity index is 1.64. The summed E-state index contributed by atoms with van der Waals surface area (Å²) in [7, 11) is -4.03. The number of sulfone groups is 1. The predicted octanol–water partition coefficient (Wildman–Crippen LogP) is 3.27. The van der Waals surface area contributed by atoms with E-state index in [0.717, 1.165) is 50.3 Å². The number of ether oxygens (including phenoxy) is 1. The van der Waals surface area contributed by atoms with Crippen LogP contribution in [0.25, 0.3) is 17.0 Å². The zero-order chi connectivity index (χ0) is 24.1. The van der Waals surface area contributed by atoms with Crippen LogP contribution in [0.1, 0.15) is 12.5 Å². The Bertz CT molecular complexity index is 1360. The van der Waals surface area contributed by atoms with Crippen molar-refractivity contribution >= 4 is 38.4 Å². The number of hydrogen-bond acceptors (Lipinski definition) is 6. The van der Waals surface area contributed by atoms with E-state index in [4.69, 9.17) is 4.74 Å². The van der Waals surface area contributed by atoms with E-state index in [2.05, 4.69) is 14.8 Å². The van der Waals surface area contributed by atoms with Crippen molar-refractivity contribution in [3.05, 3.63) is 65.2 Å². The fourth-order valence-corrected chi connectivity index (χ4v) is 5.16. The van der Waals surface area contributed by atoms with E-state index >= 15 is 0 Å². The normalized spacial score (nSPS) is 15.2. The average molecular weight is 479 g/mol. The lowest BCUT2D eigenvalue weighted by Crippen LogP contribution is -2.38. The second-order valence-corrected chi connectivity index (χ2v) is 10.00. The molecule has 0 aliphatic carbocycles. The van der Waals surface area contributed by atoms with Crippen molar-refractivity contribution < 1.29 is 17.9 Å².